The average molecular weight is 316 g/mol. The van der Waals surface area contributed by atoms with E-state index in [0.717, 1.165) is 30.3 Å². The van der Waals surface area contributed by atoms with Crippen molar-refractivity contribution in [2.75, 3.05) is 18.4 Å². The molecule has 2 N–H and O–H groups in total. The number of amides is 1. The maximum absolute atomic E-state index is 12.7. The van der Waals surface area contributed by atoms with Crippen LogP contribution in [0, 0.1) is 25.2 Å². The minimum atomic E-state index is -0.189. The van der Waals surface area contributed by atoms with Crippen LogP contribution in [0.2, 0.25) is 0 Å². The third-order valence-corrected chi connectivity index (χ3v) is 5.73. The van der Waals surface area contributed by atoms with Gasteiger partial charge in [0, 0.05) is 11.4 Å². The summed E-state index contributed by atoms with van der Waals surface area (Å²) in [4.78, 5) is 18.3. The molecule has 0 aromatic carbocycles. The maximum Gasteiger partial charge on any atom is 0.233 e. The van der Waals surface area contributed by atoms with Gasteiger partial charge in [-0.2, -0.15) is 0 Å². The molecule has 0 unspecified atom stereocenters. The van der Waals surface area contributed by atoms with E-state index in [4.69, 9.17) is 0 Å². The monoisotopic (exact) mass is 315 g/mol. The van der Waals surface area contributed by atoms with Crippen molar-refractivity contribution in [2.45, 2.75) is 39.5 Å². The lowest BCUT2D eigenvalue weighted by Gasteiger charge is -2.36. The summed E-state index contributed by atoms with van der Waals surface area (Å²) in [6.07, 6.45) is 4.62. The van der Waals surface area contributed by atoms with Gasteiger partial charge < -0.3 is 10.6 Å². The fraction of sp³-hybridized carbons (Fsp3) is 0.714. The second kappa shape index (κ2) is 6.00. The molecule has 6 heteroatoms. The van der Waals surface area contributed by atoms with Crippen LogP contribution < -0.4 is 10.6 Å². The number of aryl methyl sites for hydroxylation is 2. The van der Waals surface area contributed by atoms with Gasteiger partial charge in [-0.15, -0.1) is 23.7 Å². The van der Waals surface area contributed by atoms with Gasteiger partial charge in [-0.1, -0.05) is 12.8 Å². The highest BCUT2D eigenvalue weighted by atomic mass is 35.5. The van der Waals surface area contributed by atoms with E-state index in [0.29, 0.717) is 5.92 Å². The number of aromatic nitrogens is 1. The lowest BCUT2D eigenvalue weighted by atomic mass is 9.68. The highest BCUT2D eigenvalue weighted by molar-refractivity contribution is 7.15. The van der Waals surface area contributed by atoms with Crippen molar-refractivity contribution in [1.82, 2.24) is 10.3 Å². The molecule has 0 radical (unpaired) electrons. The first-order chi connectivity index (χ1) is 9.12. The quantitative estimate of drug-likeness (QED) is 0.882. The Balaban J connectivity index is 0.00000147. The number of nitrogens with zero attached hydrogens (tertiary/aromatic N) is 1. The van der Waals surface area contributed by atoms with E-state index in [1.54, 1.807) is 11.3 Å². The zero-order chi connectivity index (χ0) is 13.5. The lowest BCUT2D eigenvalue weighted by molar-refractivity contribution is -0.128. The van der Waals surface area contributed by atoms with E-state index in [9.17, 15) is 4.79 Å². The van der Waals surface area contributed by atoms with Gasteiger partial charge in [-0.3, -0.25) is 4.79 Å². The summed E-state index contributed by atoms with van der Waals surface area (Å²) in [5.74, 6) is 0.680. The minimum absolute atomic E-state index is 0. The zero-order valence-electron chi connectivity index (χ0n) is 12.0. The standard InChI is InChI=1S/C14H21N3OS.ClH/c1-9-10(2)19-13(16-9)17-12(18)14-6-4-3-5-11(14)7-15-8-14;/h11,15H,3-8H2,1-2H3,(H,16,17,18);1H/t11-,14+;/m0./s1. The smallest absolute Gasteiger partial charge is 0.233 e. The van der Waals surface area contributed by atoms with Crippen LogP contribution in [-0.4, -0.2) is 24.0 Å². The van der Waals surface area contributed by atoms with Crippen molar-refractivity contribution < 1.29 is 4.79 Å². The molecule has 1 saturated heterocycles. The van der Waals surface area contributed by atoms with Gasteiger partial charge in [0.05, 0.1) is 11.1 Å². The molecule has 2 heterocycles. The number of thiazole rings is 1. The van der Waals surface area contributed by atoms with E-state index >= 15 is 0 Å². The zero-order valence-corrected chi connectivity index (χ0v) is 13.6. The van der Waals surface area contributed by atoms with Crippen LogP contribution in [0.3, 0.4) is 0 Å². The number of nitrogens with one attached hydrogen (secondary N) is 2. The first kappa shape index (κ1) is 15.7. The van der Waals surface area contributed by atoms with Crippen LogP contribution in [0.25, 0.3) is 0 Å². The van der Waals surface area contributed by atoms with Crippen LogP contribution in [0.5, 0.6) is 0 Å². The Morgan fingerprint density at radius 1 is 1.45 bits per heavy atom. The third kappa shape index (κ3) is 2.59. The molecule has 1 aliphatic carbocycles. The highest BCUT2D eigenvalue weighted by Crippen LogP contribution is 2.44. The maximum atomic E-state index is 12.7. The Labute approximate surface area is 130 Å². The third-order valence-electron chi connectivity index (χ3n) is 4.74. The lowest BCUT2D eigenvalue weighted by Crippen LogP contribution is -2.44. The molecular weight excluding hydrogens is 294 g/mol. The molecule has 1 aromatic rings. The number of fused-ring (bicyclic) bond motifs is 1. The first-order valence-electron chi connectivity index (χ1n) is 7.08. The molecule has 3 rings (SSSR count). The summed E-state index contributed by atoms with van der Waals surface area (Å²) < 4.78 is 0. The van der Waals surface area contributed by atoms with Gasteiger partial charge >= 0.3 is 0 Å². The minimum Gasteiger partial charge on any atom is -0.315 e. The molecule has 112 valence electrons. The molecule has 1 aliphatic heterocycles. The summed E-state index contributed by atoms with van der Waals surface area (Å²) in [6, 6.07) is 0. The van der Waals surface area contributed by atoms with Crippen molar-refractivity contribution in [3.8, 4) is 0 Å². The van der Waals surface area contributed by atoms with Gasteiger partial charge in [-0.25, -0.2) is 4.98 Å². The molecule has 2 aliphatic rings. The molecule has 1 aromatic heterocycles. The molecule has 0 bridgehead atoms. The second-order valence-electron chi connectivity index (χ2n) is 5.84. The Morgan fingerprint density at radius 3 is 2.95 bits per heavy atom. The average Bonchev–Trinajstić information content (AvgIpc) is 2.94. The molecule has 4 nitrogen and oxygen atoms in total. The van der Waals surface area contributed by atoms with E-state index in [1.165, 1.54) is 24.1 Å². The predicted octanol–water partition coefficient (Wildman–Crippen LogP) is 2.90. The molecule has 2 atom stereocenters. The van der Waals surface area contributed by atoms with Gasteiger partial charge in [-0.05, 0) is 39.2 Å². The fourth-order valence-electron chi connectivity index (χ4n) is 3.44. The highest BCUT2D eigenvalue weighted by Gasteiger charge is 2.49. The summed E-state index contributed by atoms with van der Waals surface area (Å²) in [5, 5.41) is 7.23. The molecule has 1 amide bonds. The first-order valence-corrected chi connectivity index (χ1v) is 7.90. The summed E-state index contributed by atoms with van der Waals surface area (Å²) in [7, 11) is 0. The second-order valence-corrected chi connectivity index (χ2v) is 7.05. The van der Waals surface area contributed by atoms with Gasteiger partial charge in [0.2, 0.25) is 5.91 Å². The number of anilines is 1. The van der Waals surface area contributed by atoms with E-state index in [1.807, 2.05) is 13.8 Å². The number of rotatable bonds is 2. The number of halogens is 1. The number of hydrogen-bond donors (Lipinski definition) is 2. The molecule has 20 heavy (non-hydrogen) atoms. The summed E-state index contributed by atoms with van der Waals surface area (Å²) in [5.41, 5.74) is 0.827. The fourth-order valence-corrected chi connectivity index (χ4v) is 4.25. The van der Waals surface area contributed by atoms with Crippen LogP contribution in [0.15, 0.2) is 0 Å². The van der Waals surface area contributed by atoms with E-state index in [-0.39, 0.29) is 23.7 Å². The normalized spacial score (nSPS) is 28.6. The van der Waals surface area contributed by atoms with Crippen molar-refractivity contribution in [3.63, 3.8) is 0 Å². The van der Waals surface area contributed by atoms with Gasteiger partial charge in [0.15, 0.2) is 5.13 Å². The van der Waals surface area contributed by atoms with Crippen molar-refractivity contribution >= 4 is 34.8 Å². The number of hydrogen-bond acceptors (Lipinski definition) is 4. The molecule has 1 saturated carbocycles. The van der Waals surface area contributed by atoms with Crippen LogP contribution in [0.4, 0.5) is 5.13 Å². The Bertz CT molecular complexity index is 485. The van der Waals surface area contributed by atoms with Crippen molar-refractivity contribution in [1.29, 1.82) is 0 Å². The Morgan fingerprint density at radius 2 is 2.25 bits per heavy atom. The molecule has 0 spiro atoms. The van der Waals surface area contributed by atoms with E-state index < -0.39 is 0 Å². The number of carbonyl (C=O) groups is 1. The SMILES string of the molecule is Cc1nc(NC(=O)[C@@]23CCCC[C@H]2CNC3)sc1C.Cl. The summed E-state index contributed by atoms with van der Waals surface area (Å²) in [6.45, 7) is 5.85. The van der Waals surface area contributed by atoms with Gasteiger partial charge in [0.25, 0.3) is 0 Å². The molecular formula is C14H22ClN3OS. The van der Waals surface area contributed by atoms with E-state index in [2.05, 4.69) is 15.6 Å². The van der Waals surface area contributed by atoms with Gasteiger partial charge in [0.1, 0.15) is 0 Å². The van der Waals surface area contributed by atoms with Crippen molar-refractivity contribution in [3.05, 3.63) is 10.6 Å². The Hall–Kier alpha value is -0.650. The largest absolute Gasteiger partial charge is 0.315 e. The number of carbonyl (C=O) groups excluding carboxylic acids is 1. The summed E-state index contributed by atoms with van der Waals surface area (Å²) >= 11 is 1.57. The van der Waals surface area contributed by atoms with Crippen LogP contribution in [-0.2, 0) is 4.79 Å². The van der Waals surface area contributed by atoms with Crippen LogP contribution in [0.1, 0.15) is 36.3 Å². The van der Waals surface area contributed by atoms with Crippen molar-refractivity contribution in [2.24, 2.45) is 11.3 Å². The van der Waals surface area contributed by atoms with Crippen LogP contribution >= 0.6 is 23.7 Å². The topological polar surface area (TPSA) is 54.0 Å². The Kier molecular flexibility index (Phi) is 4.72. The predicted molar refractivity (Wildman–Crippen MR) is 84.7 cm³/mol. The molecule has 2 fully saturated rings.